The number of benzene rings is 1. The molecule has 2 N–H and O–H groups in total. The van der Waals surface area contributed by atoms with Crippen LogP contribution >= 0.6 is 0 Å². The van der Waals surface area contributed by atoms with Crippen molar-refractivity contribution < 1.29 is 4.79 Å². The van der Waals surface area contributed by atoms with Crippen molar-refractivity contribution in [3.63, 3.8) is 0 Å². The lowest BCUT2D eigenvalue weighted by molar-refractivity contribution is 0.0969. The molecular weight excluding hydrogens is 224 g/mol. The summed E-state index contributed by atoms with van der Waals surface area (Å²) in [6.07, 6.45) is 3.87. The molecule has 0 bridgehead atoms. The van der Waals surface area contributed by atoms with Crippen molar-refractivity contribution in [2.24, 2.45) is 11.7 Å². The summed E-state index contributed by atoms with van der Waals surface area (Å²) >= 11 is 0. The van der Waals surface area contributed by atoms with Crippen LogP contribution in [-0.4, -0.2) is 16.8 Å². The summed E-state index contributed by atoms with van der Waals surface area (Å²) in [5.74, 6) is 0.415. The highest BCUT2D eigenvalue weighted by atomic mass is 16.1. The number of nitrogens with two attached hydrogens (primary N) is 1. The van der Waals surface area contributed by atoms with Gasteiger partial charge in [0.25, 0.3) is 0 Å². The van der Waals surface area contributed by atoms with Crippen LogP contribution in [0.3, 0.4) is 0 Å². The Morgan fingerprint density at radius 2 is 2.11 bits per heavy atom. The second-order valence-corrected chi connectivity index (χ2v) is 4.94. The predicted octanol–water partition coefficient (Wildman–Crippen LogP) is 2.79. The van der Waals surface area contributed by atoms with Gasteiger partial charge >= 0.3 is 0 Å². The van der Waals surface area contributed by atoms with Gasteiger partial charge in [-0.25, -0.2) is 0 Å². The topological polar surface area (TPSA) is 56.0 Å². The molecule has 3 heteroatoms. The van der Waals surface area contributed by atoms with Crippen LogP contribution in [0, 0.1) is 5.92 Å². The highest BCUT2D eigenvalue weighted by Crippen LogP contribution is 2.20. The molecule has 1 heterocycles. The largest absolute Gasteiger partial charge is 0.327 e. The van der Waals surface area contributed by atoms with Crippen LogP contribution in [0.5, 0.6) is 0 Å². The number of fused-ring (bicyclic) bond motifs is 1. The molecule has 1 aromatic carbocycles. The summed E-state index contributed by atoms with van der Waals surface area (Å²) in [6.45, 7) is 4.07. The maximum atomic E-state index is 12.3. The van der Waals surface area contributed by atoms with Crippen molar-refractivity contribution in [3.8, 4) is 0 Å². The lowest BCUT2D eigenvalue weighted by Gasteiger charge is -2.15. The molecule has 2 rings (SSSR count). The second kappa shape index (κ2) is 5.27. The van der Waals surface area contributed by atoms with Gasteiger partial charge in [0, 0.05) is 35.8 Å². The number of Topliss-reactive ketones (excluding diaryl/α,β-unsaturated/α-hetero) is 1. The first-order valence-corrected chi connectivity index (χ1v) is 6.21. The molecule has 3 nitrogen and oxygen atoms in total. The maximum Gasteiger partial charge on any atom is 0.165 e. The first-order chi connectivity index (χ1) is 8.59. The lowest BCUT2D eigenvalue weighted by atomic mass is 9.94. The quantitative estimate of drug-likeness (QED) is 0.839. The van der Waals surface area contributed by atoms with Gasteiger partial charge in [-0.3, -0.25) is 9.78 Å². The van der Waals surface area contributed by atoms with Crippen molar-refractivity contribution in [1.82, 2.24) is 4.98 Å². The number of nitrogens with zero attached hydrogens (tertiary/aromatic N) is 1. The van der Waals surface area contributed by atoms with Crippen LogP contribution in [-0.2, 0) is 0 Å². The molecule has 0 fully saturated rings. The smallest absolute Gasteiger partial charge is 0.165 e. The molecule has 0 spiro atoms. The Labute approximate surface area is 107 Å². The third kappa shape index (κ3) is 2.57. The van der Waals surface area contributed by atoms with E-state index in [2.05, 4.69) is 4.98 Å². The zero-order valence-corrected chi connectivity index (χ0v) is 10.8. The SMILES string of the molecule is CC(C)C(N)CC(=O)c1cccc2cnccc12. The summed E-state index contributed by atoms with van der Waals surface area (Å²) in [4.78, 5) is 16.3. The van der Waals surface area contributed by atoms with Crippen LogP contribution in [0.15, 0.2) is 36.7 Å². The van der Waals surface area contributed by atoms with Crippen LogP contribution in [0.4, 0.5) is 0 Å². The summed E-state index contributed by atoms with van der Waals surface area (Å²) in [5.41, 5.74) is 6.71. The van der Waals surface area contributed by atoms with Gasteiger partial charge in [-0.2, -0.15) is 0 Å². The second-order valence-electron chi connectivity index (χ2n) is 4.94. The Kier molecular flexibility index (Phi) is 3.72. The monoisotopic (exact) mass is 242 g/mol. The van der Waals surface area contributed by atoms with E-state index in [0.717, 1.165) is 16.3 Å². The molecule has 0 radical (unpaired) electrons. The van der Waals surface area contributed by atoms with Gasteiger partial charge in [0.1, 0.15) is 0 Å². The highest BCUT2D eigenvalue weighted by Gasteiger charge is 2.16. The first-order valence-electron chi connectivity index (χ1n) is 6.21. The molecule has 0 aliphatic heterocycles. The van der Waals surface area contributed by atoms with Crippen molar-refractivity contribution in [1.29, 1.82) is 0 Å². The average Bonchev–Trinajstić information content (AvgIpc) is 2.37. The lowest BCUT2D eigenvalue weighted by Crippen LogP contribution is -2.29. The van der Waals surface area contributed by atoms with Gasteiger partial charge in [-0.1, -0.05) is 32.0 Å². The van der Waals surface area contributed by atoms with Gasteiger partial charge in [0.05, 0.1) is 0 Å². The normalized spacial score (nSPS) is 12.9. The third-order valence-electron chi connectivity index (χ3n) is 3.26. The summed E-state index contributed by atoms with van der Waals surface area (Å²) in [7, 11) is 0. The first kappa shape index (κ1) is 12.7. The van der Waals surface area contributed by atoms with E-state index in [1.54, 1.807) is 12.4 Å². The van der Waals surface area contributed by atoms with Crippen LogP contribution < -0.4 is 5.73 Å². The van der Waals surface area contributed by atoms with Crippen LogP contribution in [0.1, 0.15) is 30.6 Å². The summed E-state index contributed by atoms with van der Waals surface area (Å²) in [6, 6.07) is 7.50. The van der Waals surface area contributed by atoms with Gasteiger partial charge < -0.3 is 5.73 Å². The fraction of sp³-hybridized carbons (Fsp3) is 0.333. The van der Waals surface area contributed by atoms with Crippen molar-refractivity contribution in [3.05, 3.63) is 42.2 Å². The number of aromatic nitrogens is 1. The molecular formula is C15H18N2O. The molecule has 0 aliphatic carbocycles. The molecule has 0 aliphatic rings. The molecule has 0 saturated heterocycles. The number of carbonyl (C=O) groups excluding carboxylic acids is 1. The molecule has 94 valence electrons. The summed E-state index contributed by atoms with van der Waals surface area (Å²) in [5, 5.41) is 1.94. The van der Waals surface area contributed by atoms with Gasteiger partial charge in [-0.05, 0) is 17.4 Å². The van der Waals surface area contributed by atoms with Crippen LogP contribution in [0.25, 0.3) is 10.8 Å². The van der Waals surface area contributed by atoms with Gasteiger partial charge in [-0.15, -0.1) is 0 Å². The number of hydrogen-bond acceptors (Lipinski definition) is 3. The molecule has 0 saturated carbocycles. The highest BCUT2D eigenvalue weighted by molar-refractivity contribution is 6.08. The standard InChI is InChI=1S/C15H18N2O/c1-10(2)14(16)8-15(18)13-5-3-4-11-9-17-7-6-12(11)13/h3-7,9-10,14H,8,16H2,1-2H3. The number of hydrogen-bond donors (Lipinski definition) is 1. The minimum Gasteiger partial charge on any atom is -0.327 e. The maximum absolute atomic E-state index is 12.3. The minimum atomic E-state index is -0.0883. The van der Waals surface area contributed by atoms with E-state index in [-0.39, 0.29) is 11.8 Å². The van der Waals surface area contributed by atoms with Crippen molar-refractivity contribution in [2.45, 2.75) is 26.3 Å². The van der Waals surface area contributed by atoms with E-state index in [4.69, 9.17) is 5.73 Å². The molecule has 1 atom stereocenters. The zero-order chi connectivity index (χ0) is 13.1. The van der Waals surface area contributed by atoms with E-state index in [1.165, 1.54) is 0 Å². The fourth-order valence-electron chi connectivity index (χ4n) is 1.93. The zero-order valence-electron chi connectivity index (χ0n) is 10.8. The van der Waals surface area contributed by atoms with E-state index in [1.807, 2.05) is 38.1 Å². The van der Waals surface area contributed by atoms with Gasteiger partial charge in [0.15, 0.2) is 5.78 Å². The van der Waals surface area contributed by atoms with E-state index < -0.39 is 0 Å². The number of rotatable bonds is 4. The molecule has 2 aromatic rings. The van der Waals surface area contributed by atoms with Gasteiger partial charge in [0.2, 0.25) is 0 Å². The molecule has 1 aromatic heterocycles. The Morgan fingerprint density at radius 1 is 1.33 bits per heavy atom. The molecule has 1 unspecified atom stereocenters. The fourth-order valence-corrected chi connectivity index (χ4v) is 1.93. The number of carbonyl (C=O) groups is 1. The Hall–Kier alpha value is -1.74. The predicted molar refractivity (Wildman–Crippen MR) is 73.5 cm³/mol. The van der Waals surface area contributed by atoms with E-state index in [9.17, 15) is 4.79 Å². The van der Waals surface area contributed by atoms with E-state index in [0.29, 0.717) is 12.3 Å². The minimum absolute atomic E-state index is 0.0883. The Morgan fingerprint density at radius 3 is 2.83 bits per heavy atom. The Balaban J connectivity index is 2.33. The third-order valence-corrected chi connectivity index (χ3v) is 3.26. The van der Waals surface area contributed by atoms with Crippen molar-refractivity contribution >= 4 is 16.6 Å². The number of ketones is 1. The van der Waals surface area contributed by atoms with E-state index >= 15 is 0 Å². The van der Waals surface area contributed by atoms with Crippen LogP contribution in [0.2, 0.25) is 0 Å². The Bertz CT molecular complexity index is 558. The average molecular weight is 242 g/mol. The molecule has 18 heavy (non-hydrogen) atoms. The summed E-state index contributed by atoms with van der Waals surface area (Å²) < 4.78 is 0. The number of pyridine rings is 1. The van der Waals surface area contributed by atoms with Crippen molar-refractivity contribution in [2.75, 3.05) is 0 Å². The molecule has 0 amide bonds.